The molecule has 2 aromatic carbocycles. The molecular weight excluding hydrogens is 320 g/mol. The Hall–Kier alpha value is -1.79. The van der Waals surface area contributed by atoms with Gasteiger partial charge in [0, 0.05) is 25.3 Å². The number of aliphatic hydroxyl groups excluding tert-OH is 1. The third-order valence-electron chi connectivity index (χ3n) is 3.16. The summed E-state index contributed by atoms with van der Waals surface area (Å²) in [5.41, 5.74) is 1.12. The Morgan fingerprint density at radius 1 is 0.913 bits per heavy atom. The van der Waals surface area contributed by atoms with Crippen molar-refractivity contribution in [2.75, 3.05) is 27.8 Å². The first-order valence-corrected chi connectivity index (χ1v) is 7.35. The minimum Gasteiger partial charge on any atom is -0.467 e. The minimum atomic E-state index is -0.964. The summed E-state index contributed by atoms with van der Waals surface area (Å²) in [7, 11) is 3.05. The highest BCUT2D eigenvalue weighted by molar-refractivity contribution is 6.32. The fourth-order valence-electron chi connectivity index (χ4n) is 2.14. The fraction of sp³-hybridized carbons (Fsp3) is 0.294. The van der Waals surface area contributed by atoms with E-state index in [4.69, 9.17) is 30.5 Å². The lowest BCUT2D eigenvalue weighted by Crippen LogP contribution is -2.09. The Balaban J connectivity index is 2.37. The molecule has 0 spiro atoms. The van der Waals surface area contributed by atoms with Crippen molar-refractivity contribution in [3.8, 4) is 11.5 Å². The van der Waals surface area contributed by atoms with E-state index < -0.39 is 6.10 Å². The van der Waals surface area contributed by atoms with Crippen LogP contribution in [0.4, 0.5) is 0 Å². The maximum Gasteiger partial charge on any atom is 0.188 e. The summed E-state index contributed by atoms with van der Waals surface area (Å²) in [6.07, 6.45) is -0.964. The summed E-state index contributed by atoms with van der Waals surface area (Å²) in [5.74, 6) is 0.907. The largest absolute Gasteiger partial charge is 0.467 e. The molecule has 1 N–H and O–H groups in total. The van der Waals surface area contributed by atoms with Crippen LogP contribution in [-0.2, 0) is 9.47 Å². The van der Waals surface area contributed by atoms with Crippen LogP contribution in [0.1, 0.15) is 17.2 Å². The van der Waals surface area contributed by atoms with Gasteiger partial charge >= 0.3 is 0 Å². The van der Waals surface area contributed by atoms with Crippen LogP contribution in [0.2, 0.25) is 5.02 Å². The number of methoxy groups -OCH3 is 2. The number of halogens is 1. The molecule has 0 bridgehead atoms. The van der Waals surface area contributed by atoms with Crippen LogP contribution in [0.15, 0.2) is 42.5 Å². The molecule has 2 aromatic rings. The lowest BCUT2D eigenvalue weighted by molar-refractivity contribution is 0.0464. The van der Waals surface area contributed by atoms with Crippen molar-refractivity contribution in [3.05, 3.63) is 58.6 Å². The van der Waals surface area contributed by atoms with E-state index in [9.17, 15) is 5.11 Å². The van der Waals surface area contributed by atoms with Crippen molar-refractivity contribution in [2.45, 2.75) is 6.10 Å². The number of hydrogen-bond acceptors (Lipinski definition) is 5. The number of benzene rings is 2. The second-order valence-corrected chi connectivity index (χ2v) is 5.11. The molecule has 1 unspecified atom stereocenters. The summed E-state index contributed by atoms with van der Waals surface area (Å²) < 4.78 is 20.8. The fourth-order valence-corrected chi connectivity index (χ4v) is 2.38. The number of aliphatic hydroxyl groups is 1. The molecule has 124 valence electrons. The quantitative estimate of drug-likeness (QED) is 0.748. The lowest BCUT2D eigenvalue weighted by Gasteiger charge is -2.19. The van der Waals surface area contributed by atoms with Crippen LogP contribution in [0.25, 0.3) is 0 Å². The summed E-state index contributed by atoms with van der Waals surface area (Å²) in [6.45, 7) is 0.123. The molecule has 0 aliphatic carbocycles. The van der Waals surface area contributed by atoms with Crippen LogP contribution in [0.3, 0.4) is 0 Å². The smallest absolute Gasteiger partial charge is 0.188 e. The number of rotatable bonds is 8. The minimum absolute atomic E-state index is 0.0330. The Bertz CT molecular complexity index is 632. The third kappa shape index (κ3) is 4.36. The van der Waals surface area contributed by atoms with Gasteiger partial charge in [0.15, 0.2) is 13.6 Å². The topological polar surface area (TPSA) is 57.2 Å². The molecular formula is C17H19ClO5. The maximum atomic E-state index is 10.8. The second-order valence-electron chi connectivity index (χ2n) is 4.70. The van der Waals surface area contributed by atoms with Gasteiger partial charge in [0.2, 0.25) is 0 Å². The van der Waals surface area contributed by atoms with Crippen LogP contribution < -0.4 is 9.47 Å². The van der Waals surface area contributed by atoms with Gasteiger partial charge in [0.05, 0.1) is 5.02 Å². The molecule has 0 saturated carbocycles. The van der Waals surface area contributed by atoms with Gasteiger partial charge in [-0.1, -0.05) is 41.9 Å². The zero-order valence-corrected chi connectivity index (χ0v) is 13.7. The predicted octanol–water partition coefficient (Wildman–Crippen LogP) is 3.39. The Labute approximate surface area is 140 Å². The average molecular weight is 339 g/mol. The maximum absolute atomic E-state index is 10.8. The van der Waals surface area contributed by atoms with E-state index in [0.717, 1.165) is 0 Å². The van der Waals surface area contributed by atoms with E-state index in [2.05, 4.69) is 0 Å². The van der Waals surface area contributed by atoms with Crippen molar-refractivity contribution in [3.63, 3.8) is 0 Å². The van der Waals surface area contributed by atoms with Gasteiger partial charge in [0.25, 0.3) is 0 Å². The number of hydrogen-bond donors (Lipinski definition) is 1. The Kier molecular flexibility index (Phi) is 6.67. The standard InChI is InChI=1S/C17H19ClO5/c1-20-10-22-15-9-4-3-6-12(15)16(19)13-7-5-8-14(18)17(13)23-11-21-2/h3-9,16,19H,10-11H2,1-2H3. The Morgan fingerprint density at radius 2 is 1.57 bits per heavy atom. The van der Waals surface area contributed by atoms with Crippen molar-refractivity contribution >= 4 is 11.6 Å². The molecule has 0 radical (unpaired) electrons. The van der Waals surface area contributed by atoms with Crippen molar-refractivity contribution in [1.29, 1.82) is 0 Å². The molecule has 0 amide bonds. The predicted molar refractivity (Wildman–Crippen MR) is 87.0 cm³/mol. The average Bonchev–Trinajstić information content (AvgIpc) is 2.58. The van der Waals surface area contributed by atoms with Crippen LogP contribution in [0, 0.1) is 0 Å². The van der Waals surface area contributed by atoms with Gasteiger partial charge < -0.3 is 24.1 Å². The summed E-state index contributed by atoms with van der Waals surface area (Å²) >= 11 is 6.18. The highest BCUT2D eigenvalue weighted by Gasteiger charge is 2.21. The van der Waals surface area contributed by atoms with E-state index >= 15 is 0 Å². The van der Waals surface area contributed by atoms with Crippen molar-refractivity contribution < 1.29 is 24.1 Å². The number of ether oxygens (including phenoxy) is 4. The van der Waals surface area contributed by atoms with E-state index in [0.29, 0.717) is 27.6 Å². The molecule has 1 atom stereocenters. The first kappa shape index (κ1) is 17.6. The SMILES string of the molecule is COCOc1ccccc1C(O)c1cccc(Cl)c1OCOC. The molecule has 0 aliphatic heterocycles. The second kappa shape index (κ2) is 8.74. The van der Waals surface area contributed by atoms with Gasteiger partial charge in [-0.05, 0) is 12.1 Å². The summed E-state index contributed by atoms with van der Waals surface area (Å²) in [6, 6.07) is 12.4. The molecule has 0 fully saturated rings. The molecule has 0 saturated heterocycles. The van der Waals surface area contributed by atoms with Crippen LogP contribution in [0.5, 0.6) is 11.5 Å². The molecule has 0 heterocycles. The lowest BCUT2D eigenvalue weighted by atomic mass is 10.00. The van der Waals surface area contributed by atoms with Gasteiger partial charge in [0.1, 0.15) is 17.6 Å². The van der Waals surface area contributed by atoms with Crippen molar-refractivity contribution in [1.82, 2.24) is 0 Å². The van der Waals surface area contributed by atoms with Gasteiger partial charge in [-0.2, -0.15) is 0 Å². The van der Waals surface area contributed by atoms with E-state index in [1.807, 2.05) is 12.1 Å². The first-order chi connectivity index (χ1) is 11.2. The van der Waals surface area contributed by atoms with Crippen LogP contribution in [-0.4, -0.2) is 32.9 Å². The molecule has 5 nitrogen and oxygen atoms in total. The zero-order valence-electron chi connectivity index (χ0n) is 13.0. The zero-order chi connectivity index (χ0) is 16.7. The van der Waals surface area contributed by atoms with Crippen LogP contribution >= 0.6 is 11.6 Å². The molecule has 2 rings (SSSR count). The molecule has 0 aliphatic rings. The van der Waals surface area contributed by atoms with Crippen molar-refractivity contribution in [2.24, 2.45) is 0 Å². The van der Waals surface area contributed by atoms with E-state index in [1.165, 1.54) is 14.2 Å². The molecule has 6 heteroatoms. The van der Waals surface area contributed by atoms with E-state index in [1.54, 1.807) is 30.3 Å². The normalized spacial score (nSPS) is 12.0. The van der Waals surface area contributed by atoms with Gasteiger partial charge in [-0.3, -0.25) is 0 Å². The highest BCUT2D eigenvalue weighted by atomic mass is 35.5. The van der Waals surface area contributed by atoms with Gasteiger partial charge in [-0.15, -0.1) is 0 Å². The number of para-hydroxylation sites is 2. The molecule has 0 aromatic heterocycles. The summed E-state index contributed by atoms with van der Waals surface area (Å²) in [5, 5.41) is 11.2. The molecule has 23 heavy (non-hydrogen) atoms. The first-order valence-electron chi connectivity index (χ1n) is 6.98. The van der Waals surface area contributed by atoms with Gasteiger partial charge in [-0.25, -0.2) is 0 Å². The third-order valence-corrected chi connectivity index (χ3v) is 3.46. The highest BCUT2D eigenvalue weighted by Crippen LogP contribution is 2.38. The van der Waals surface area contributed by atoms with E-state index in [-0.39, 0.29) is 13.6 Å². The Morgan fingerprint density at radius 3 is 2.30 bits per heavy atom. The monoisotopic (exact) mass is 338 g/mol. The summed E-state index contributed by atoms with van der Waals surface area (Å²) in [4.78, 5) is 0.